The van der Waals surface area contributed by atoms with Crippen molar-refractivity contribution in [2.24, 2.45) is 5.92 Å². The van der Waals surface area contributed by atoms with Gasteiger partial charge < -0.3 is 15.7 Å². The average Bonchev–Trinajstić information content (AvgIpc) is 2.56. The minimum absolute atomic E-state index is 0.0431. The van der Waals surface area contributed by atoms with E-state index in [1.807, 2.05) is 13.8 Å². The zero-order valence-electron chi connectivity index (χ0n) is 15.1. The molecule has 0 saturated heterocycles. The molecule has 3 N–H and O–H groups in total. The zero-order valence-corrected chi connectivity index (χ0v) is 15.1. The van der Waals surface area contributed by atoms with Crippen LogP contribution in [0.4, 0.5) is 13.2 Å². The quantitative estimate of drug-likeness (QED) is 0.606. The molecule has 0 spiro atoms. The summed E-state index contributed by atoms with van der Waals surface area (Å²) in [6.45, 7) is 3.14. The lowest BCUT2D eigenvalue weighted by Gasteiger charge is -2.17. The Morgan fingerprint density at radius 3 is 2.33 bits per heavy atom. The van der Waals surface area contributed by atoms with Gasteiger partial charge in [0.15, 0.2) is 0 Å². The molecule has 6 nitrogen and oxygen atoms in total. The maximum atomic E-state index is 12.4. The summed E-state index contributed by atoms with van der Waals surface area (Å²) in [7, 11) is 0. The molecule has 1 atom stereocenters. The van der Waals surface area contributed by atoms with E-state index < -0.39 is 43.0 Å². The molecular weight excluding hydrogens is 365 g/mol. The monoisotopic (exact) mass is 388 g/mol. The van der Waals surface area contributed by atoms with Crippen LogP contribution in [0.15, 0.2) is 24.3 Å². The van der Waals surface area contributed by atoms with Crippen LogP contribution in [-0.2, 0) is 16.0 Å². The lowest BCUT2D eigenvalue weighted by molar-refractivity contribution is -0.142. The standard InChI is InChI=1S/C18H23F3N2O4/c1-11(2)9-14(17(26)27)23-15(24)10-22-16(25)13-6-4-3-5-12(13)7-8-18(19,20)21/h3-6,11,14H,7-10H2,1-2H3,(H,22,25)(H,23,24)(H,26,27)/t14-/m0/s1. The first kappa shape index (κ1) is 22.5. The lowest BCUT2D eigenvalue weighted by Crippen LogP contribution is -2.46. The largest absolute Gasteiger partial charge is 0.480 e. The molecule has 1 aromatic rings. The van der Waals surface area contributed by atoms with Gasteiger partial charge in [0.25, 0.3) is 5.91 Å². The van der Waals surface area contributed by atoms with Crippen molar-refractivity contribution >= 4 is 17.8 Å². The SMILES string of the molecule is CC(C)C[C@H](NC(=O)CNC(=O)c1ccccc1CCC(F)(F)F)C(=O)O. The number of aliphatic carboxylic acids is 1. The van der Waals surface area contributed by atoms with Gasteiger partial charge in [-0.3, -0.25) is 9.59 Å². The number of carboxylic acids is 1. The molecule has 0 aliphatic heterocycles. The van der Waals surface area contributed by atoms with E-state index in [1.54, 1.807) is 0 Å². The first-order valence-electron chi connectivity index (χ1n) is 8.44. The van der Waals surface area contributed by atoms with Crippen molar-refractivity contribution in [3.05, 3.63) is 35.4 Å². The number of amides is 2. The number of hydrogen-bond donors (Lipinski definition) is 3. The third-order valence-electron chi connectivity index (χ3n) is 3.69. The summed E-state index contributed by atoms with van der Waals surface area (Å²) in [5.74, 6) is -2.52. The Bertz CT molecular complexity index is 675. The van der Waals surface area contributed by atoms with Gasteiger partial charge in [0.1, 0.15) is 6.04 Å². The Kier molecular flexibility index (Phi) is 8.27. The van der Waals surface area contributed by atoms with Crippen LogP contribution in [0, 0.1) is 5.92 Å². The smallest absolute Gasteiger partial charge is 0.389 e. The molecule has 150 valence electrons. The summed E-state index contributed by atoms with van der Waals surface area (Å²) >= 11 is 0. The highest BCUT2D eigenvalue weighted by Gasteiger charge is 2.27. The third kappa shape index (κ3) is 8.57. The van der Waals surface area contributed by atoms with E-state index in [0.29, 0.717) is 0 Å². The van der Waals surface area contributed by atoms with E-state index in [0.717, 1.165) is 0 Å². The molecule has 0 saturated carbocycles. The molecule has 27 heavy (non-hydrogen) atoms. The van der Waals surface area contributed by atoms with Gasteiger partial charge in [-0.15, -0.1) is 0 Å². The molecule has 0 aliphatic rings. The van der Waals surface area contributed by atoms with Crippen molar-refractivity contribution in [2.75, 3.05) is 6.54 Å². The number of alkyl halides is 3. The van der Waals surface area contributed by atoms with Gasteiger partial charge >= 0.3 is 12.1 Å². The highest BCUT2D eigenvalue weighted by Crippen LogP contribution is 2.23. The van der Waals surface area contributed by atoms with Crippen molar-refractivity contribution in [3.63, 3.8) is 0 Å². The maximum absolute atomic E-state index is 12.4. The normalized spacial score (nSPS) is 12.5. The van der Waals surface area contributed by atoms with Crippen LogP contribution in [-0.4, -0.2) is 41.7 Å². The maximum Gasteiger partial charge on any atom is 0.389 e. The molecule has 0 fully saturated rings. The van der Waals surface area contributed by atoms with Crippen molar-refractivity contribution in [1.82, 2.24) is 10.6 Å². The zero-order chi connectivity index (χ0) is 20.6. The van der Waals surface area contributed by atoms with E-state index in [4.69, 9.17) is 5.11 Å². The first-order valence-corrected chi connectivity index (χ1v) is 8.44. The molecule has 0 unspecified atom stereocenters. The number of nitrogens with one attached hydrogen (secondary N) is 2. The van der Waals surface area contributed by atoms with Gasteiger partial charge in [-0.1, -0.05) is 32.0 Å². The highest BCUT2D eigenvalue weighted by molar-refractivity contribution is 5.98. The molecule has 0 bridgehead atoms. The first-order chi connectivity index (χ1) is 12.5. The van der Waals surface area contributed by atoms with Crippen LogP contribution in [0.2, 0.25) is 0 Å². The summed E-state index contributed by atoms with van der Waals surface area (Å²) in [5, 5.41) is 13.7. The van der Waals surface area contributed by atoms with E-state index >= 15 is 0 Å². The molecule has 0 heterocycles. The number of halogens is 3. The van der Waals surface area contributed by atoms with E-state index in [2.05, 4.69) is 10.6 Å². The second kappa shape index (κ2) is 9.94. The number of rotatable bonds is 9. The van der Waals surface area contributed by atoms with Gasteiger partial charge in [0.05, 0.1) is 6.54 Å². The minimum atomic E-state index is -4.34. The summed E-state index contributed by atoms with van der Waals surface area (Å²) in [6.07, 6.45) is -5.52. The highest BCUT2D eigenvalue weighted by atomic mass is 19.4. The van der Waals surface area contributed by atoms with E-state index in [1.165, 1.54) is 24.3 Å². The van der Waals surface area contributed by atoms with Crippen LogP contribution in [0.5, 0.6) is 0 Å². The fourth-order valence-corrected chi connectivity index (χ4v) is 2.43. The molecule has 0 aromatic heterocycles. The fraction of sp³-hybridized carbons (Fsp3) is 0.500. The average molecular weight is 388 g/mol. The molecule has 9 heteroatoms. The molecule has 0 radical (unpaired) electrons. The van der Waals surface area contributed by atoms with Gasteiger partial charge in [-0.05, 0) is 30.4 Å². The van der Waals surface area contributed by atoms with Crippen LogP contribution in [0.3, 0.4) is 0 Å². The third-order valence-corrected chi connectivity index (χ3v) is 3.69. The summed E-state index contributed by atoms with van der Waals surface area (Å²) in [6, 6.07) is 4.75. The molecule has 0 aliphatic carbocycles. The van der Waals surface area contributed by atoms with Crippen LogP contribution < -0.4 is 10.6 Å². The van der Waals surface area contributed by atoms with Crippen molar-refractivity contribution in [2.45, 2.75) is 45.3 Å². The van der Waals surface area contributed by atoms with Crippen molar-refractivity contribution in [3.8, 4) is 0 Å². The van der Waals surface area contributed by atoms with Gasteiger partial charge in [0, 0.05) is 12.0 Å². The Labute approximate surface area is 155 Å². The Balaban J connectivity index is 2.66. The topological polar surface area (TPSA) is 95.5 Å². The second-order valence-corrected chi connectivity index (χ2v) is 6.54. The van der Waals surface area contributed by atoms with Crippen molar-refractivity contribution < 1.29 is 32.7 Å². The van der Waals surface area contributed by atoms with Crippen LogP contribution >= 0.6 is 0 Å². The van der Waals surface area contributed by atoms with Crippen LogP contribution in [0.25, 0.3) is 0 Å². The molecule has 1 rings (SSSR count). The number of carbonyl (C=O) groups excluding carboxylic acids is 2. The van der Waals surface area contributed by atoms with Crippen molar-refractivity contribution in [1.29, 1.82) is 0 Å². The number of hydrogen-bond acceptors (Lipinski definition) is 3. The predicted molar refractivity (Wildman–Crippen MR) is 92.2 cm³/mol. The number of carbonyl (C=O) groups is 3. The Morgan fingerprint density at radius 1 is 1.15 bits per heavy atom. The van der Waals surface area contributed by atoms with Gasteiger partial charge in [-0.25, -0.2) is 4.79 Å². The minimum Gasteiger partial charge on any atom is -0.480 e. The molecular formula is C18H23F3N2O4. The summed E-state index contributed by atoms with van der Waals surface area (Å²) in [4.78, 5) is 35.2. The van der Waals surface area contributed by atoms with E-state index in [-0.39, 0.29) is 29.9 Å². The lowest BCUT2D eigenvalue weighted by atomic mass is 10.0. The van der Waals surface area contributed by atoms with E-state index in [9.17, 15) is 27.6 Å². The Morgan fingerprint density at radius 2 is 1.78 bits per heavy atom. The number of benzene rings is 1. The number of aryl methyl sites for hydroxylation is 1. The number of carboxylic acid groups (broad SMARTS) is 1. The molecule has 1 aromatic carbocycles. The van der Waals surface area contributed by atoms with Crippen LogP contribution in [0.1, 0.15) is 42.6 Å². The summed E-state index contributed by atoms with van der Waals surface area (Å²) < 4.78 is 37.2. The Hall–Kier alpha value is -2.58. The second-order valence-electron chi connectivity index (χ2n) is 6.54. The van der Waals surface area contributed by atoms with Gasteiger partial charge in [-0.2, -0.15) is 13.2 Å². The molecule has 2 amide bonds. The fourth-order valence-electron chi connectivity index (χ4n) is 2.43. The predicted octanol–water partition coefficient (Wildman–Crippen LogP) is 2.53. The van der Waals surface area contributed by atoms with Gasteiger partial charge in [0.2, 0.25) is 5.91 Å². The summed E-state index contributed by atoms with van der Waals surface area (Å²) in [5.41, 5.74) is 0.266.